The molecule has 0 saturated carbocycles. The second-order valence-electron chi connectivity index (χ2n) is 4.87. The number of nitrogens with two attached hydrogens (primary N) is 1. The van der Waals surface area contributed by atoms with Crippen LogP contribution in [-0.4, -0.2) is 13.1 Å². The Bertz CT molecular complexity index is 347. The van der Waals surface area contributed by atoms with E-state index in [2.05, 4.69) is 30.4 Å². The van der Waals surface area contributed by atoms with Crippen LogP contribution in [0.3, 0.4) is 0 Å². The molecule has 3 N–H and O–H groups in total. The molecule has 1 aliphatic carbocycles. The van der Waals surface area contributed by atoms with Gasteiger partial charge in [0.05, 0.1) is 0 Å². The minimum Gasteiger partial charge on any atom is -0.384 e. The highest BCUT2D eigenvalue weighted by Crippen LogP contribution is 2.27. The molecular weight excluding hydrogens is 196 g/mol. The molecule has 2 nitrogen and oxygen atoms in total. The number of rotatable bonds is 4. The lowest BCUT2D eigenvalue weighted by Gasteiger charge is -2.21. The van der Waals surface area contributed by atoms with Gasteiger partial charge in [-0.1, -0.05) is 19.1 Å². The van der Waals surface area contributed by atoms with E-state index in [1.165, 1.54) is 42.5 Å². The van der Waals surface area contributed by atoms with Crippen LogP contribution >= 0.6 is 0 Å². The third-order valence-electron chi connectivity index (χ3n) is 3.44. The molecule has 1 atom stereocenters. The first-order valence-corrected chi connectivity index (χ1v) is 6.36. The Kier molecular flexibility index (Phi) is 3.83. The number of fused-ring (bicyclic) bond motifs is 1. The number of hydrogen-bond donors (Lipinski definition) is 2. The van der Waals surface area contributed by atoms with E-state index in [-0.39, 0.29) is 0 Å². The van der Waals surface area contributed by atoms with Crippen molar-refractivity contribution < 1.29 is 0 Å². The zero-order valence-corrected chi connectivity index (χ0v) is 10.1. The second-order valence-corrected chi connectivity index (χ2v) is 4.87. The zero-order chi connectivity index (χ0) is 11.4. The highest BCUT2D eigenvalue weighted by Gasteiger charge is 2.12. The number of anilines is 1. The Labute approximate surface area is 98.2 Å². The summed E-state index contributed by atoms with van der Waals surface area (Å²) in [4.78, 5) is 0. The summed E-state index contributed by atoms with van der Waals surface area (Å²) in [6, 6.07) is 6.64. The molecule has 0 radical (unpaired) electrons. The van der Waals surface area contributed by atoms with Gasteiger partial charge in [-0.25, -0.2) is 0 Å². The van der Waals surface area contributed by atoms with Gasteiger partial charge in [0.1, 0.15) is 0 Å². The SMILES string of the molecule is CC(CN)CNc1cccc2c1CCCC2. The molecule has 1 aromatic rings. The van der Waals surface area contributed by atoms with E-state index >= 15 is 0 Å². The largest absolute Gasteiger partial charge is 0.384 e. The third-order valence-corrected chi connectivity index (χ3v) is 3.44. The van der Waals surface area contributed by atoms with E-state index in [1.54, 1.807) is 0 Å². The average molecular weight is 218 g/mol. The first-order chi connectivity index (χ1) is 7.81. The number of aryl methyl sites for hydroxylation is 1. The second kappa shape index (κ2) is 5.35. The van der Waals surface area contributed by atoms with Gasteiger partial charge in [0.15, 0.2) is 0 Å². The Morgan fingerprint density at radius 2 is 2.12 bits per heavy atom. The average Bonchev–Trinajstić information content (AvgIpc) is 2.35. The Morgan fingerprint density at radius 3 is 2.94 bits per heavy atom. The minimum atomic E-state index is 0.541. The molecule has 0 aliphatic heterocycles. The van der Waals surface area contributed by atoms with Crippen molar-refractivity contribution in [3.63, 3.8) is 0 Å². The monoisotopic (exact) mass is 218 g/mol. The van der Waals surface area contributed by atoms with Gasteiger partial charge in [0.2, 0.25) is 0 Å². The maximum Gasteiger partial charge on any atom is 0.0375 e. The maximum atomic E-state index is 5.63. The molecule has 0 aromatic heterocycles. The summed E-state index contributed by atoms with van der Waals surface area (Å²) in [7, 11) is 0. The maximum absolute atomic E-state index is 5.63. The van der Waals surface area contributed by atoms with Crippen molar-refractivity contribution >= 4 is 5.69 Å². The van der Waals surface area contributed by atoms with Crippen LogP contribution in [0.4, 0.5) is 5.69 Å². The molecule has 1 aromatic carbocycles. The van der Waals surface area contributed by atoms with Crippen LogP contribution in [0.1, 0.15) is 30.9 Å². The summed E-state index contributed by atoms with van der Waals surface area (Å²) < 4.78 is 0. The lowest BCUT2D eigenvalue weighted by atomic mass is 9.90. The summed E-state index contributed by atoms with van der Waals surface area (Å²) in [5, 5.41) is 3.54. The number of hydrogen-bond acceptors (Lipinski definition) is 2. The molecule has 0 saturated heterocycles. The highest BCUT2D eigenvalue weighted by molar-refractivity contribution is 5.55. The van der Waals surface area contributed by atoms with E-state index in [0.29, 0.717) is 5.92 Å². The van der Waals surface area contributed by atoms with Crippen molar-refractivity contribution in [3.05, 3.63) is 29.3 Å². The molecule has 0 bridgehead atoms. The van der Waals surface area contributed by atoms with Gasteiger partial charge >= 0.3 is 0 Å². The fourth-order valence-corrected chi connectivity index (χ4v) is 2.31. The van der Waals surface area contributed by atoms with Crippen molar-refractivity contribution in [3.8, 4) is 0 Å². The summed E-state index contributed by atoms with van der Waals surface area (Å²) >= 11 is 0. The molecule has 0 fully saturated rings. The standard InChI is InChI=1S/C14H22N2/c1-11(9-15)10-16-14-8-4-6-12-5-2-3-7-13(12)14/h4,6,8,11,16H,2-3,5,7,9-10,15H2,1H3. The lowest BCUT2D eigenvalue weighted by Crippen LogP contribution is -2.20. The van der Waals surface area contributed by atoms with Crippen molar-refractivity contribution in [2.75, 3.05) is 18.4 Å². The normalized spacial score (nSPS) is 16.6. The van der Waals surface area contributed by atoms with E-state index in [0.717, 1.165) is 13.1 Å². The van der Waals surface area contributed by atoms with Crippen molar-refractivity contribution in [1.82, 2.24) is 0 Å². The first kappa shape index (κ1) is 11.5. The summed E-state index contributed by atoms with van der Waals surface area (Å²) in [6.07, 6.45) is 5.15. The van der Waals surface area contributed by atoms with Crippen molar-refractivity contribution in [2.24, 2.45) is 11.7 Å². The van der Waals surface area contributed by atoms with E-state index in [1.807, 2.05) is 0 Å². The lowest BCUT2D eigenvalue weighted by molar-refractivity contribution is 0.626. The van der Waals surface area contributed by atoms with Crippen LogP contribution in [0.25, 0.3) is 0 Å². The Hall–Kier alpha value is -1.02. The predicted molar refractivity (Wildman–Crippen MR) is 69.8 cm³/mol. The van der Waals surface area contributed by atoms with Crippen LogP contribution in [0.2, 0.25) is 0 Å². The summed E-state index contributed by atoms with van der Waals surface area (Å²) in [5.41, 5.74) is 10.0. The molecule has 1 aliphatic rings. The van der Waals surface area contributed by atoms with E-state index < -0.39 is 0 Å². The highest BCUT2D eigenvalue weighted by atomic mass is 14.9. The van der Waals surface area contributed by atoms with Crippen LogP contribution in [-0.2, 0) is 12.8 Å². The van der Waals surface area contributed by atoms with Crippen LogP contribution in [0.5, 0.6) is 0 Å². The molecule has 88 valence electrons. The zero-order valence-electron chi connectivity index (χ0n) is 10.1. The third kappa shape index (κ3) is 2.56. The fourth-order valence-electron chi connectivity index (χ4n) is 2.31. The quantitative estimate of drug-likeness (QED) is 0.815. The van der Waals surface area contributed by atoms with Gasteiger partial charge in [-0.05, 0) is 55.3 Å². The molecule has 2 rings (SSSR count). The molecular formula is C14H22N2. The first-order valence-electron chi connectivity index (χ1n) is 6.36. The molecule has 0 heterocycles. The predicted octanol–water partition coefficient (Wildman–Crippen LogP) is 2.57. The molecule has 1 unspecified atom stereocenters. The molecule has 0 spiro atoms. The van der Waals surface area contributed by atoms with Crippen LogP contribution in [0, 0.1) is 5.92 Å². The fraction of sp³-hybridized carbons (Fsp3) is 0.571. The van der Waals surface area contributed by atoms with Gasteiger partial charge in [0.25, 0.3) is 0 Å². The number of benzene rings is 1. The van der Waals surface area contributed by atoms with Gasteiger partial charge < -0.3 is 11.1 Å². The molecule has 0 amide bonds. The summed E-state index contributed by atoms with van der Waals surface area (Å²) in [5.74, 6) is 0.541. The number of nitrogens with one attached hydrogen (secondary N) is 1. The van der Waals surface area contributed by atoms with E-state index in [9.17, 15) is 0 Å². The van der Waals surface area contributed by atoms with Crippen LogP contribution < -0.4 is 11.1 Å². The van der Waals surface area contributed by atoms with Crippen molar-refractivity contribution in [2.45, 2.75) is 32.6 Å². The van der Waals surface area contributed by atoms with Gasteiger partial charge in [-0.2, -0.15) is 0 Å². The smallest absolute Gasteiger partial charge is 0.0375 e. The van der Waals surface area contributed by atoms with Gasteiger partial charge in [0, 0.05) is 12.2 Å². The van der Waals surface area contributed by atoms with Crippen molar-refractivity contribution in [1.29, 1.82) is 0 Å². The molecule has 16 heavy (non-hydrogen) atoms. The van der Waals surface area contributed by atoms with Crippen LogP contribution in [0.15, 0.2) is 18.2 Å². The Balaban J connectivity index is 2.08. The van der Waals surface area contributed by atoms with Gasteiger partial charge in [-0.3, -0.25) is 0 Å². The van der Waals surface area contributed by atoms with E-state index in [4.69, 9.17) is 5.73 Å². The Morgan fingerprint density at radius 1 is 1.31 bits per heavy atom. The topological polar surface area (TPSA) is 38.0 Å². The minimum absolute atomic E-state index is 0.541. The van der Waals surface area contributed by atoms with Gasteiger partial charge in [-0.15, -0.1) is 0 Å². The summed E-state index contributed by atoms with van der Waals surface area (Å²) in [6.45, 7) is 3.91. The molecule has 2 heteroatoms.